The van der Waals surface area contributed by atoms with Crippen LogP contribution in [-0.2, 0) is 10.0 Å². The molecule has 0 spiro atoms. The molecule has 0 unspecified atom stereocenters. The van der Waals surface area contributed by atoms with Gasteiger partial charge in [-0.05, 0) is 46.3 Å². The standard InChI is InChI=1S/C14H24BrNO2S/c1-6-8-9-13(11-10-12(15)7-2)19(17,18)16-14(3,4)5/h7,9-11,16H,6,8H2,1-5H3/b11-10-,12-7+,13-9-. The van der Waals surface area contributed by atoms with Crippen LogP contribution >= 0.6 is 15.9 Å². The molecule has 0 aliphatic heterocycles. The summed E-state index contributed by atoms with van der Waals surface area (Å²) >= 11 is 3.33. The van der Waals surface area contributed by atoms with E-state index in [2.05, 4.69) is 20.7 Å². The van der Waals surface area contributed by atoms with E-state index < -0.39 is 15.6 Å². The maximum Gasteiger partial charge on any atom is 0.240 e. The maximum absolute atomic E-state index is 12.3. The summed E-state index contributed by atoms with van der Waals surface area (Å²) in [7, 11) is -3.48. The van der Waals surface area contributed by atoms with Gasteiger partial charge in [-0.25, -0.2) is 13.1 Å². The highest BCUT2D eigenvalue weighted by atomic mass is 79.9. The second-order valence-corrected chi connectivity index (χ2v) is 7.86. The Bertz CT molecular complexity index is 468. The molecule has 0 rings (SSSR count). The predicted octanol–water partition coefficient (Wildman–Crippen LogP) is 4.24. The Balaban J connectivity index is 5.33. The van der Waals surface area contributed by atoms with Crippen molar-refractivity contribution in [1.82, 2.24) is 4.72 Å². The average molecular weight is 350 g/mol. The van der Waals surface area contributed by atoms with Crippen LogP contribution in [0.4, 0.5) is 0 Å². The van der Waals surface area contributed by atoms with Gasteiger partial charge in [-0.15, -0.1) is 0 Å². The van der Waals surface area contributed by atoms with Crippen LogP contribution in [-0.4, -0.2) is 14.0 Å². The van der Waals surface area contributed by atoms with Crippen molar-refractivity contribution in [3.05, 3.63) is 33.7 Å². The van der Waals surface area contributed by atoms with Gasteiger partial charge in [-0.3, -0.25) is 0 Å². The molecule has 0 saturated heterocycles. The van der Waals surface area contributed by atoms with Crippen molar-refractivity contribution in [2.45, 2.75) is 53.0 Å². The van der Waals surface area contributed by atoms with Crippen LogP contribution in [0.25, 0.3) is 0 Å². The number of hydrogen-bond donors (Lipinski definition) is 1. The first-order valence-electron chi connectivity index (χ1n) is 6.36. The average Bonchev–Trinajstić information content (AvgIpc) is 2.24. The molecule has 0 amide bonds. The summed E-state index contributed by atoms with van der Waals surface area (Å²) in [4.78, 5) is 0.308. The van der Waals surface area contributed by atoms with E-state index in [1.807, 2.05) is 40.7 Å². The number of sulfonamides is 1. The van der Waals surface area contributed by atoms with E-state index in [0.717, 1.165) is 17.3 Å². The lowest BCUT2D eigenvalue weighted by molar-refractivity contribution is 0.495. The van der Waals surface area contributed by atoms with Gasteiger partial charge in [0.1, 0.15) is 0 Å². The summed E-state index contributed by atoms with van der Waals surface area (Å²) in [6.07, 6.45) is 8.61. The van der Waals surface area contributed by atoms with Crippen LogP contribution in [0, 0.1) is 0 Å². The first-order chi connectivity index (χ1) is 8.62. The van der Waals surface area contributed by atoms with Crippen LogP contribution in [0.15, 0.2) is 33.7 Å². The third kappa shape index (κ3) is 8.39. The normalized spacial score (nSPS) is 15.3. The highest BCUT2D eigenvalue weighted by Gasteiger charge is 2.22. The number of allylic oxidation sites excluding steroid dienone is 5. The summed E-state index contributed by atoms with van der Waals surface area (Å²) in [6, 6.07) is 0. The molecule has 3 nitrogen and oxygen atoms in total. The highest BCUT2D eigenvalue weighted by molar-refractivity contribution is 9.11. The molecule has 0 aliphatic carbocycles. The van der Waals surface area contributed by atoms with Crippen LogP contribution < -0.4 is 4.72 Å². The summed E-state index contributed by atoms with van der Waals surface area (Å²) < 4.78 is 28.1. The van der Waals surface area contributed by atoms with Crippen LogP contribution in [0.1, 0.15) is 47.5 Å². The Morgan fingerprint density at radius 1 is 1.26 bits per heavy atom. The smallest absolute Gasteiger partial charge is 0.207 e. The topological polar surface area (TPSA) is 46.2 Å². The molecule has 0 fully saturated rings. The van der Waals surface area contributed by atoms with Gasteiger partial charge in [0.05, 0.1) is 4.91 Å². The van der Waals surface area contributed by atoms with Gasteiger partial charge in [0, 0.05) is 10.0 Å². The lowest BCUT2D eigenvalue weighted by Crippen LogP contribution is -2.40. The third-order valence-corrected chi connectivity index (χ3v) is 4.59. The molecular weight excluding hydrogens is 326 g/mol. The number of unbranched alkanes of at least 4 members (excludes halogenated alkanes) is 1. The molecule has 0 aliphatic rings. The van der Waals surface area contributed by atoms with Gasteiger partial charge in [-0.2, -0.15) is 0 Å². The molecule has 0 saturated carbocycles. The van der Waals surface area contributed by atoms with E-state index in [4.69, 9.17) is 0 Å². The van der Waals surface area contributed by atoms with Crippen molar-refractivity contribution in [2.24, 2.45) is 0 Å². The van der Waals surface area contributed by atoms with E-state index in [-0.39, 0.29) is 0 Å². The summed E-state index contributed by atoms with van der Waals surface area (Å²) in [5.74, 6) is 0. The molecule has 5 heteroatoms. The molecule has 0 aromatic heterocycles. The first kappa shape index (κ1) is 18.6. The number of nitrogens with one attached hydrogen (secondary N) is 1. The summed E-state index contributed by atoms with van der Waals surface area (Å²) in [6.45, 7) is 9.38. The fraction of sp³-hybridized carbons (Fsp3) is 0.571. The molecule has 0 bridgehead atoms. The zero-order chi connectivity index (χ0) is 15.1. The molecule has 110 valence electrons. The van der Waals surface area contributed by atoms with E-state index in [1.54, 1.807) is 18.2 Å². The van der Waals surface area contributed by atoms with Gasteiger partial charge in [0.2, 0.25) is 10.0 Å². The minimum Gasteiger partial charge on any atom is -0.207 e. The summed E-state index contributed by atoms with van der Waals surface area (Å²) in [5.41, 5.74) is -0.490. The van der Waals surface area contributed by atoms with Crippen molar-refractivity contribution in [1.29, 1.82) is 0 Å². The Kier molecular flexibility index (Phi) is 7.86. The van der Waals surface area contributed by atoms with Crippen molar-refractivity contribution in [3.63, 3.8) is 0 Å². The van der Waals surface area contributed by atoms with E-state index in [9.17, 15) is 8.42 Å². The third-order valence-electron chi connectivity index (χ3n) is 2.07. The van der Waals surface area contributed by atoms with Gasteiger partial charge < -0.3 is 0 Å². The molecule has 0 aromatic rings. The van der Waals surface area contributed by atoms with Crippen LogP contribution in [0.5, 0.6) is 0 Å². The Labute approximate surface area is 126 Å². The largest absolute Gasteiger partial charge is 0.240 e. The van der Waals surface area contributed by atoms with E-state index in [0.29, 0.717) is 4.91 Å². The van der Waals surface area contributed by atoms with Gasteiger partial charge >= 0.3 is 0 Å². The van der Waals surface area contributed by atoms with Gasteiger partial charge in [0.25, 0.3) is 0 Å². The fourth-order valence-electron chi connectivity index (χ4n) is 1.27. The maximum atomic E-state index is 12.3. The molecule has 0 radical (unpaired) electrons. The molecule has 1 N–H and O–H groups in total. The zero-order valence-electron chi connectivity index (χ0n) is 12.3. The predicted molar refractivity (Wildman–Crippen MR) is 86.6 cm³/mol. The van der Waals surface area contributed by atoms with Crippen molar-refractivity contribution < 1.29 is 8.42 Å². The Morgan fingerprint density at radius 3 is 2.26 bits per heavy atom. The van der Waals surface area contributed by atoms with Gasteiger partial charge in [0.15, 0.2) is 0 Å². The second kappa shape index (κ2) is 8.02. The fourth-order valence-corrected chi connectivity index (χ4v) is 2.91. The van der Waals surface area contributed by atoms with E-state index in [1.165, 1.54) is 0 Å². The molecular formula is C14H24BrNO2S. The molecule has 0 aromatic carbocycles. The van der Waals surface area contributed by atoms with Crippen LogP contribution in [0.3, 0.4) is 0 Å². The minimum absolute atomic E-state index is 0.308. The zero-order valence-corrected chi connectivity index (χ0v) is 14.7. The Hall–Kier alpha value is -0.390. The lowest BCUT2D eigenvalue weighted by Gasteiger charge is -2.20. The monoisotopic (exact) mass is 349 g/mol. The highest BCUT2D eigenvalue weighted by Crippen LogP contribution is 2.16. The van der Waals surface area contributed by atoms with Crippen molar-refractivity contribution >= 4 is 26.0 Å². The van der Waals surface area contributed by atoms with Crippen molar-refractivity contribution in [2.75, 3.05) is 0 Å². The van der Waals surface area contributed by atoms with Crippen molar-refractivity contribution in [3.8, 4) is 0 Å². The summed E-state index contributed by atoms with van der Waals surface area (Å²) in [5, 5.41) is 0. The second-order valence-electron chi connectivity index (χ2n) is 5.26. The Morgan fingerprint density at radius 2 is 1.84 bits per heavy atom. The number of hydrogen-bond acceptors (Lipinski definition) is 2. The van der Waals surface area contributed by atoms with Gasteiger partial charge in [-0.1, -0.05) is 41.4 Å². The van der Waals surface area contributed by atoms with Crippen LogP contribution in [0.2, 0.25) is 0 Å². The lowest BCUT2D eigenvalue weighted by atomic mass is 10.1. The number of halogens is 1. The number of rotatable bonds is 6. The van der Waals surface area contributed by atoms with E-state index >= 15 is 0 Å². The minimum atomic E-state index is -3.48. The quantitative estimate of drug-likeness (QED) is 0.728. The SMILES string of the molecule is C\C=C(Br)/C=C\C(=C\CCC)S(=O)(=O)NC(C)(C)C. The molecule has 19 heavy (non-hydrogen) atoms. The first-order valence-corrected chi connectivity index (χ1v) is 8.64. The molecule has 0 heterocycles. The molecule has 0 atom stereocenters.